The van der Waals surface area contributed by atoms with Crippen LogP contribution in [0.4, 0.5) is 0 Å². The molecule has 4 rings (SSSR count). The highest BCUT2D eigenvalue weighted by Crippen LogP contribution is 2.28. The Morgan fingerprint density at radius 2 is 0.835 bits per heavy atom. The van der Waals surface area contributed by atoms with Crippen LogP contribution in [0, 0.1) is 5.92 Å². The third kappa shape index (κ3) is 31.2. The molecule has 0 bridgehead atoms. The number of nitrogens with two attached hydrogens (primary N) is 7. The second-order valence-corrected chi connectivity index (χ2v) is 28.2. The summed E-state index contributed by atoms with van der Waals surface area (Å²) in [6.07, 6.45) is -6.15. The Morgan fingerprint density at radius 3 is 1.36 bits per heavy atom. The van der Waals surface area contributed by atoms with Gasteiger partial charge in [0.15, 0.2) is 0 Å². The molecule has 3 aliphatic rings. The lowest BCUT2D eigenvalue weighted by Crippen LogP contribution is -2.60. The second-order valence-electron chi connectivity index (χ2n) is 28.2. The van der Waals surface area contributed by atoms with Crippen molar-refractivity contribution in [1.82, 2.24) is 73.2 Å². The third-order valence-electron chi connectivity index (χ3n) is 18.5. The topological polar surface area (TPSA) is 760 Å². The van der Waals surface area contributed by atoms with E-state index >= 15 is 0 Å². The Balaban J connectivity index is 1.44. The highest BCUT2D eigenvalue weighted by Gasteiger charge is 2.47. The van der Waals surface area contributed by atoms with Crippen LogP contribution in [0.15, 0.2) is 30.3 Å². The lowest BCUT2D eigenvalue weighted by atomic mass is 10.0. The Bertz CT molecular complexity index is 3810. The Morgan fingerprint density at radius 1 is 0.417 bits per heavy atom. The van der Waals surface area contributed by atoms with E-state index in [1.807, 2.05) is 5.32 Å². The van der Waals surface area contributed by atoms with Gasteiger partial charge < -0.3 is 129 Å². The zero-order chi connectivity index (χ0) is 86.2. The van der Waals surface area contributed by atoms with Gasteiger partial charge in [0.25, 0.3) is 0 Å². The maximum absolute atomic E-state index is 14.8. The summed E-state index contributed by atoms with van der Waals surface area (Å²) in [4.78, 5) is 293. The minimum absolute atomic E-state index is 0.00331. The quantitative estimate of drug-likeness (QED) is 0.0288. The van der Waals surface area contributed by atoms with E-state index in [-0.39, 0.29) is 90.3 Å². The molecule has 1 aromatic carbocycles. The number of carboxylic acid groups (broad SMARTS) is 2. The molecule has 115 heavy (non-hydrogen) atoms. The second kappa shape index (κ2) is 45.9. The zero-order valence-corrected chi connectivity index (χ0v) is 63.5. The molecule has 28 N–H and O–H groups in total. The molecule has 3 fully saturated rings. The van der Waals surface area contributed by atoms with Crippen molar-refractivity contribution in [2.45, 2.75) is 221 Å². The van der Waals surface area contributed by atoms with Crippen molar-refractivity contribution in [2.24, 2.45) is 46.1 Å². The first kappa shape index (κ1) is 94.9. The lowest BCUT2D eigenvalue weighted by Gasteiger charge is -2.34. The van der Waals surface area contributed by atoms with Crippen LogP contribution in [-0.2, 0) is 112 Å². The van der Waals surface area contributed by atoms with E-state index in [1.165, 1.54) is 9.80 Å². The predicted molar refractivity (Wildman–Crippen MR) is 393 cm³/mol. The number of aliphatic hydroxyl groups is 1. The number of benzene rings is 1. The van der Waals surface area contributed by atoms with Crippen molar-refractivity contribution in [3.8, 4) is 0 Å². The van der Waals surface area contributed by atoms with Crippen molar-refractivity contribution in [3.63, 3.8) is 0 Å². The standard InChI is InChI=1S/C69H103N21O25/c1-32(2)24-38(63(109)83-41(29-55(100)101)64(110)81-37(17-20-54(98)99)61(107)87-44(31-91)56(76)102)82-57(103)33(3)78-62(108)40(27-51(74)95)79-53(97)30-77-59(105)39(26-50(73)94)84-65(111)45-12-7-21-88(45)68(114)43(28-52(75)96)86-66(112)46-13-8-22-89(46)69(115)47-14-9-23-90(47)67(113)42(25-34-10-5-4-6-11-34)85-60(106)36(16-19-49(72)93)80-58(104)35(70)15-18-48(71)92/h4-6,10-11,32-33,35-47,91H,7-9,12-31,70H2,1-3H3,(H2,71,92)(H2,72,93)(H2,73,94)(H2,74,95)(H2,75,96)(H2,76,102)(H,77,105)(H,78,108)(H,79,97)(H,80,104)(H,81,110)(H,82,103)(H,83,109)(H,84,111)(H,85,106)(H,86,112)(H,87,107)(H,98,99)(H,100,101)/t33-,35-,36-,37-,38-,39-,40-,41-,42-,43-,44-,45-,46-,47+/m0/s1. The molecule has 3 heterocycles. The van der Waals surface area contributed by atoms with E-state index in [1.54, 1.807) is 44.2 Å². The highest BCUT2D eigenvalue weighted by molar-refractivity contribution is 6.03. The molecule has 3 saturated heterocycles. The van der Waals surface area contributed by atoms with Crippen LogP contribution in [-0.4, -0.2) is 277 Å². The molecule has 0 saturated carbocycles. The lowest BCUT2D eigenvalue weighted by molar-refractivity contribution is -0.148. The van der Waals surface area contributed by atoms with Gasteiger partial charge in [-0.25, -0.2) is 0 Å². The molecule has 20 amide bonds. The van der Waals surface area contributed by atoms with E-state index < -0.39 is 279 Å². The molecule has 634 valence electrons. The Hall–Kier alpha value is -12.5. The van der Waals surface area contributed by atoms with Crippen LogP contribution >= 0.6 is 0 Å². The van der Waals surface area contributed by atoms with Gasteiger partial charge in [0.2, 0.25) is 118 Å². The smallest absolute Gasteiger partial charge is 0.305 e. The summed E-state index contributed by atoms with van der Waals surface area (Å²) in [5.74, 6) is -24.7. The summed E-state index contributed by atoms with van der Waals surface area (Å²) in [6, 6.07) is -14.1. The van der Waals surface area contributed by atoms with Crippen LogP contribution in [0.2, 0.25) is 0 Å². The number of primary amides is 6. The number of aliphatic hydroxyl groups excluding tert-OH is 1. The molecular weight excluding hydrogens is 1520 g/mol. The molecule has 0 aliphatic carbocycles. The van der Waals surface area contributed by atoms with Gasteiger partial charge in [-0.1, -0.05) is 44.2 Å². The fourth-order valence-electron chi connectivity index (χ4n) is 12.7. The molecule has 0 radical (unpaired) electrons. The summed E-state index contributed by atoms with van der Waals surface area (Å²) in [5, 5.41) is 53.3. The number of amides is 20. The molecule has 1 aromatic rings. The molecule has 0 spiro atoms. The number of hydrogen-bond donors (Lipinski definition) is 21. The van der Waals surface area contributed by atoms with Crippen molar-refractivity contribution in [3.05, 3.63) is 35.9 Å². The van der Waals surface area contributed by atoms with E-state index in [4.69, 9.17) is 40.1 Å². The summed E-state index contributed by atoms with van der Waals surface area (Å²) >= 11 is 0. The number of carboxylic acids is 2. The first-order valence-electron chi connectivity index (χ1n) is 36.8. The molecule has 46 nitrogen and oxygen atoms in total. The largest absolute Gasteiger partial charge is 0.481 e. The average Bonchev–Trinajstić information content (AvgIpc) is 1.73. The summed E-state index contributed by atoms with van der Waals surface area (Å²) in [6.45, 7) is 2.00. The zero-order valence-electron chi connectivity index (χ0n) is 63.5. The minimum atomic E-state index is -2.02. The molecule has 0 unspecified atom stereocenters. The first-order chi connectivity index (χ1) is 54.0. The normalized spacial score (nSPS) is 17.9. The van der Waals surface area contributed by atoms with E-state index in [0.29, 0.717) is 5.56 Å². The number of nitrogens with one attached hydrogen (secondary N) is 11. The van der Waals surface area contributed by atoms with Gasteiger partial charge in [-0.3, -0.25) is 105 Å². The summed E-state index contributed by atoms with van der Waals surface area (Å²) < 4.78 is 0. The number of likely N-dealkylation sites (tertiary alicyclic amines) is 3. The molecular formula is C69H103N21O25. The van der Waals surface area contributed by atoms with Crippen LogP contribution in [0.3, 0.4) is 0 Å². The predicted octanol–water partition coefficient (Wildman–Crippen LogP) is -11.5. The van der Waals surface area contributed by atoms with Crippen molar-refractivity contribution >= 4 is 130 Å². The Kier molecular flexibility index (Phi) is 37.8. The van der Waals surface area contributed by atoms with Crippen LogP contribution < -0.4 is 98.6 Å². The van der Waals surface area contributed by atoms with Gasteiger partial charge >= 0.3 is 11.9 Å². The number of carbonyl (C=O) groups excluding carboxylic acids is 20. The van der Waals surface area contributed by atoms with Crippen molar-refractivity contribution < 1.29 is 121 Å². The fraction of sp³-hybridized carbons (Fsp3) is 0.594. The maximum Gasteiger partial charge on any atom is 0.305 e. The molecule has 14 atom stereocenters. The van der Waals surface area contributed by atoms with Gasteiger partial charge in [-0.15, -0.1) is 0 Å². The van der Waals surface area contributed by atoms with Gasteiger partial charge in [-0.05, 0) is 82.6 Å². The van der Waals surface area contributed by atoms with Gasteiger partial charge in [0.1, 0.15) is 78.5 Å². The SMILES string of the molecule is CC(C)C[C@H](NC(=O)[C@H](C)NC(=O)[C@H](CC(N)=O)NC(=O)CNC(=O)[C@H](CC(N)=O)NC(=O)[C@@H]1CCCN1C(=O)[C@H](CC(N)=O)NC(=O)[C@@H]1CCCN1C(=O)[C@H]1CCCN1C(=O)[C@H](Cc1ccccc1)NC(=O)[C@H](CCC(N)=O)NC(=O)[C@@H](N)CCC(N)=O)C(=O)N[C@@H](CC(=O)O)C(=O)N[C@@H](CCC(=O)O)C(=O)N[C@@H](CO)C(N)=O. The van der Waals surface area contributed by atoms with E-state index in [9.17, 15) is 121 Å². The number of hydrogen-bond acceptors (Lipinski definition) is 24. The van der Waals surface area contributed by atoms with Crippen LogP contribution in [0.5, 0.6) is 0 Å². The average molecular weight is 1630 g/mol. The van der Waals surface area contributed by atoms with Gasteiger partial charge in [0.05, 0.1) is 44.9 Å². The summed E-state index contributed by atoms with van der Waals surface area (Å²) in [5.41, 5.74) is 38.7. The van der Waals surface area contributed by atoms with Crippen molar-refractivity contribution in [2.75, 3.05) is 32.8 Å². The van der Waals surface area contributed by atoms with Gasteiger partial charge in [-0.2, -0.15) is 0 Å². The first-order valence-corrected chi connectivity index (χ1v) is 36.8. The molecule has 0 aromatic heterocycles. The fourth-order valence-corrected chi connectivity index (χ4v) is 12.7. The number of nitrogens with zero attached hydrogens (tertiary/aromatic N) is 3. The third-order valence-corrected chi connectivity index (χ3v) is 18.5. The minimum Gasteiger partial charge on any atom is -0.481 e. The van der Waals surface area contributed by atoms with E-state index in [2.05, 4.69) is 53.2 Å². The van der Waals surface area contributed by atoms with E-state index in [0.717, 1.165) is 11.8 Å². The van der Waals surface area contributed by atoms with Crippen LogP contribution in [0.25, 0.3) is 0 Å². The number of carbonyl (C=O) groups is 22. The van der Waals surface area contributed by atoms with Crippen molar-refractivity contribution in [1.29, 1.82) is 0 Å². The monoisotopic (exact) mass is 1630 g/mol. The molecule has 3 aliphatic heterocycles. The summed E-state index contributed by atoms with van der Waals surface area (Å²) in [7, 11) is 0. The van der Waals surface area contributed by atoms with Gasteiger partial charge in [0, 0.05) is 45.3 Å². The number of aliphatic carboxylic acids is 2. The Labute approximate surface area is 657 Å². The molecule has 46 heteroatoms. The maximum atomic E-state index is 14.8. The number of rotatable bonds is 48. The highest BCUT2D eigenvalue weighted by atomic mass is 16.4. The van der Waals surface area contributed by atoms with Crippen LogP contribution in [0.1, 0.15) is 135 Å².